The molecule has 0 aromatic heterocycles. The van der Waals surface area contributed by atoms with Crippen molar-refractivity contribution in [1.82, 2.24) is 4.90 Å². The van der Waals surface area contributed by atoms with Gasteiger partial charge in [0.15, 0.2) is 0 Å². The van der Waals surface area contributed by atoms with Crippen LogP contribution in [0.2, 0.25) is 0 Å². The second-order valence-electron chi connectivity index (χ2n) is 3.03. The molecular formula is C9H13NO. The summed E-state index contributed by atoms with van der Waals surface area (Å²) in [6.45, 7) is 0.871. The molecule has 0 unspecified atom stereocenters. The Morgan fingerprint density at radius 1 is 1.64 bits per heavy atom. The van der Waals surface area contributed by atoms with E-state index in [1.54, 1.807) is 0 Å². The number of carbonyl (C=O) groups is 1. The maximum absolute atomic E-state index is 10.5. The Hall–Kier alpha value is -0.890. The van der Waals surface area contributed by atoms with Gasteiger partial charge in [0.05, 0.1) is 5.92 Å². The first kappa shape index (κ1) is 8.21. The third kappa shape index (κ3) is 2.02. The smallest absolute Gasteiger partial charge is 0.130 e. The monoisotopic (exact) mass is 151 g/mol. The van der Waals surface area contributed by atoms with E-state index < -0.39 is 0 Å². The average Bonchev–Trinajstić information content (AvgIpc) is 2.34. The van der Waals surface area contributed by atoms with Crippen molar-refractivity contribution in [2.75, 3.05) is 20.6 Å². The number of aldehydes is 1. The Bertz CT molecular complexity index is 204. The van der Waals surface area contributed by atoms with Gasteiger partial charge < -0.3 is 9.69 Å². The van der Waals surface area contributed by atoms with Gasteiger partial charge in [0.25, 0.3) is 0 Å². The van der Waals surface area contributed by atoms with Gasteiger partial charge in [0, 0.05) is 6.54 Å². The summed E-state index contributed by atoms with van der Waals surface area (Å²) in [5.74, 6) is 0.0254. The molecule has 0 amide bonds. The van der Waals surface area contributed by atoms with Gasteiger partial charge in [-0.3, -0.25) is 0 Å². The third-order valence-electron chi connectivity index (χ3n) is 1.70. The molecule has 0 saturated carbocycles. The fourth-order valence-electron chi connectivity index (χ4n) is 1.19. The minimum atomic E-state index is 0.0254. The van der Waals surface area contributed by atoms with E-state index in [0.717, 1.165) is 12.8 Å². The summed E-state index contributed by atoms with van der Waals surface area (Å²) in [5.41, 5.74) is 1.19. The van der Waals surface area contributed by atoms with E-state index in [-0.39, 0.29) is 5.92 Å². The van der Waals surface area contributed by atoms with Gasteiger partial charge >= 0.3 is 0 Å². The first-order chi connectivity index (χ1) is 5.24. The van der Waals surface area contributed by atoms with Crippen molar-refractivity contribution in [3.05, 3.63) is 23.8 Å². The molecule has 0 radical (unpaired) electrons. The van der Waals surface area contributed by atoms with Crippen LogP contribution in [0.15, 0.2) is 23.8 Å². The van der Waals surface area contributed by atoms with E-state index in [0.29, 0.717) is 0 Å². The molecule has 1 rings (SSSR count). The number of hydrogen-bond acceptors (Lipinski definition) is 2. The van der Waals surface area contributed by atoms with Gasteiger partial charge in [-0.25, -0.2) is 0 Å². The molecule has 0 aromatic carbocycles. The number of likely N-dealkylation sites (N-methyl/N-ethyl adjacent to an activating group) is 1. The number of hydrogen-bond donors (Lipinski definition) is 0. The summed E-state index contributed by atoms with van der Waals surface area (Å²) in [7, 11) is 4.00. The molecule has 2 nitrogen and oxygen atoms in total. The lowest BCUT2D eigenvalue weighted by Gasteiger charge is -2.12. The first-order valence-electron chi connectivity index (χ1n) is 3.71. The van der Waals surface area contributed by atoms with Gasteiger partial charge in [-0.15, -0.1) is 0 Å². The predicted octanol–water partition coefficient (Wildman–Crippen LogP) is 0.859. The second kappa shape index (κ2) is 3.49. The van der Waals surface area contributed by atoms with E-state index >= 15 is 0 Å². The minimum absolute atomic E-state index is 0.0254. The lowest BCUT2D eigenvalue weighted by molar-refractivity contribution is -0.109. The number of carbonyl (C=O) groups excluding carboxylic acids is 1. The van der Waals surface area contributed by atoms with Crippen LogP contribution in [0.1, 0.15) is 0 Å². The molecule has 0 saturated heterocycles. The van der Waals surface area contributed by atoms with E-state index in [9.17, 15) is 4.79 Å². The fourth-order valence-corrected chi connectivity index (χ4v) is 1.19. The van der Waals surface area contributed by atoms with Crippen molar-refractivity contribution >= 4 is 6.29 Å². The largest absolute Gasteiger partial charge is 0.305 e. The quantitative estimate of drug-likeness (QED) is 0.557. The zero-order valence-electron chi connectivity index (χ0n) is 6.95. The zero-order valence-corrected chi connectivity index (χ0v) is 6.95. The van der Waals surface area contributed by atoms with Gasteiger partial charge in [0.1, 0.15) is 6.29 Å². The van der Waals surface area contributed by atoms with Crippen LogP contribution in [-0.2, 0) is 4.79 Å². The second-order valence-corrected chi connectivity index (χ2v) is 3.03. The number of allylic oxidation sites excluding steroid dienone is 3. The number of nitrogens with zero attached hydrogens (tertiary/aromatic N) is 1. The first-order valence-corrected chi connectivity index (χ1v) is 3.71. The van der Waals surface area contributed by atoms with Gasteiger partial charge in [-0.05, 0) is 19.7 Å². The van der Waals surface area contributed by atoms with Crippen LogP contribution in [0.25, 0.3) is 0 Å². The lowest BCUT2D eigenvalue weighted by Crippen LogP contribution is -2.18. The Morgan fingerprint density at radius 2 is 2.36 bits per heavy atom. The van der Waals surface area contributed by atoms with Crippen LogP contribution in [-0.4, -0.2) is 31.8 Å². The zero-order chi connectivity index (χ0) is 8.27. The third-order valence-corrected chi connectivity index (χ3v) is 1.70. The molecule has 2 heteroatoms. The molecule has 60 valence electrons. The molecule has 1 aliphatic rings. The normalized spacial score (nSPS) is 22.5. The van der Waals surface area contributed by atoms with Crippen LogP contribution in [0.4, 0.5) is 0 Å². The molecule has 0 aliphatic heterocycles. The van der Waals surface area contributed by atoms with Gasteiger partial charge in [0.2, 0.25) is 0 Å². The summed E-state index contributed by atoms with van der Waals surface area (Å²) in [5, 5.41) is 0. The molecular weight excluding hydrogens is 138 g/mol. The van der Waals surface area contributed by atoms with Gasteiger partial charge in [-0.2, -0.15) is 0 Å². The molecule has 11 heavy (non-hydrogen) atoms. The lowest BCUT2D eigenvalue weighted by atomic mass is 10.1. The highest BCUT2D eigenvalue weighted by Gasteiger charge is 2.13. The molecule has 0 bridgehead atoms. The molecule has 1 aliphatic carbocycles. The summed E-state index contributed by atoms with van der Waals surface area (Å²) >= 11 is 0. The predicted molar refractivity (Wildman–Crippen MR) is 45.3 cm³/mol. The van der Waals surface area contributed by atoms with E-state index in [2.05, 4.69) is 4.90 Å². The highest BCUT2D eigenvalue weighted by atomic mass is 16.1. The standard InChI is InChI=1S/C9H13NO/c1-10(2)6-8-4-3-5-9(8)7-11/h3-5,7,9H,6H2,1-2H3/t9-/m1/s1. The van der Waals surface area contributed by atoms with Crippen molar-refractivity contribution in [3.63, 3.8) is 0 Å². The maximum atomic E-state index is 10.5. The molecule has 0 heterocycles. The Kier molecular flexibility index (Phi) is 2.60. The van der Waals surface area contributed by atoms with Gasteiger partial charge in [-0.1, -0.05) is 18.2 Å². The van der Waals surface area contributed by atoms with E-state index in [1.165, 1.54) is 5.57 Å². The van der Waals surface area contributed by atoms with Crippen molar-refractivity contribution in [2.24, 2.45) is 5.92 Å². The summed E-state index contributed by atoms with van der Waals surface area (Å²) < 4.78 is 0. The van der Waals surface area contributed by atoms with Crippen LogP contribution in [0.5, 0.6) is 0 Å². The van der Waals surface area contributed by atoms with Crippen LogP contribution < -0.4 is 0 Å². The van der Waals surface area contributed by atoms with Crippen molar-refractivity contribution in [3.8, 4) is 0 Å². The average molecular weight is 151 g/mol. The molecule has 0 N–H and O–H groups in total. The summed E-state index contributed by atoms with van der Waals surface area (Å²) in [6, 6.07) is 0. The molecule has 1 atom stereocenters. The molecule has 0 spiro atoms. The summed E-state index contributed by atoms with van der Waals surface area (Å²) in [4.78, 5) is 12.6. The molecule has 0 fully saturated rings. The van der Waals surface area contributed by atoms with Crippen molar-refractivity contribution in [2.45, 2.75) is 0 Å². The Balaban J connectivity index is 2.53. The minimum Gasteiger partial charge on any atom is -0.305 e. The molecule has 0 aromatic rings. The fraction of sp³-hybridized carbons (Fsp3) is 0.444. The van der Waals surface area contributed by atoms with Crippen LogP contribution >= 0.6 is 0 Å². The Labute approximate surface area is 67.2 Å². The van der Waals surface area contributed by atoms with Crippen molar-refractivity contribution in [1.29, 1.82) is 0 Å². The van der Waals surface area contributed by atoms with Crippen molar-refractivity contribution < 1.29 is 4.79 Å². The van der Waals surface area contributed by atoms with Crippen LogP contribution in [0.3, 0.4) is 0 Å². The van der Waals surface area contributed by atoms with E-state index in [1.807, 2.05) is 32.3 Å². The summed E-state index contributed by atoms with van der Waals surface area (Å²) in [6.07, 6.45) is 6.86. The highest BCUT2D eigenvalue weighted by Crippen LogP contribution is 2.17. The topological polar surface area (TPSA) is 20.3 Å². The number of rotatable bonds is 3. The SMILES string of the molecule is CN(C)CC1=CC=C[C@@H]1C=O. The van der Waals surface area contributed by atoms with Crippen LogP contribution in [0, 0.1) is 5.92 Å². The Morgan fingerprint density at radius 3 is 2.91 bits per heavy atom. The van der Waals surface area contributed by atoms with E-state index in [4.69, 9.17) is 0 Å². The maximum Gasteiger partial charge on any atom is 0.130 e. The highest BCUT2D eigenvalue weighted by molar-refractivity contribution is 5.64.